The fraction of sp³-hybridized carbons (Fsp3) is 0.294. The maximum absolute atomic E-state index is 14.0. The third kappa shape index (κ3) is 2.54. The van der Waals surface area contributed by atoms with Crippen LogP contribution in [0.3, 0.4) is 0 Å². The molecule has 1 aliphatic rings. The molecule has 0 aliphatic carbocycles. The average Bonchev–Trinajstić information content (AvgIpc) is 2.93. The number of halogens is 1. The Morgan fingerprint density at radius 2 is 1.90 bits per heavy atom. The molecule has 0 bridgehead atoms. The summed E-state index contributed by atoms with van der Waals surface area (Å²) in [4.78, 5) is 2.34. The van der Waals surface area contributed by atoms with Gasteiger partial charge in [-0.25, -0.2) is 4.39 Å². The van der Waals surface area contributed by atoms with E-state index in [-0.39, 0.29) is 11.5 Å². The molecule has 0 spiro atoms. The Bertz CT molecular complexity index is 583. The molecule has 0 amide bonds. The third-order valence-electron chi connectivity index (χ3n) is 4.03. The first-order valence-corrected chi connectivity index (χ1v) is 7.07. The molecule has 0 aromatic heterocycles. The SMILES string of the molecule is Nc1cccc(CN2CCCC2c2ccccc2)c1F. The number of likely N-dealkylation sites (tertiary alicyclic amines) is 1. The Morgan fingerprint density at radius 3 is 2.70 bits per heavy atom. The standard InChI is InChI=1S/C17H19FN2/c18-17-14(8-4-9-15(17)19)12-20-11-5-10-16(20)13-6-2-1-3-7-13/h1-4,6-9,16H,5,10-12,19H2. The van der Waals surface area contributed by atoms with Crippen molar-refractivity contribution in [1.82, 2.24) is 4.90 Å². The van der Waals surface area contributed by atoms with Crippen LogP contribution in [0.5, 0.6) is 0 Å². The number of nitrogen functional groups attached to an aromatic ring is 1. The van der Waals surface area contributed by atoms with Crippen LogP contribution < -0.4 is 5.73 Å². The first-order chi connectivity index (χ1) is 9.75. The van der Waals surface area contributed by atoms with Gasteiger partial charge in [0, 0.05) is 18.2 Å². The summed E-state index contributed by atoms with van der Waals surface area (Å²) in [5.74, 6) is -0.272. The van der Waals surface area contributed by atoms with Gasteiger partial charge in [-0.1, -0.05) is 42.5 Å². The third-order valence-corrected chi connectivity index (χ3v) is 4.03. The van der Waals surface area contributed by atoms with Crippen LogP contribution >= 0.6 is 0 Å². The minimum Gasteiger partial charge on any atom is -0.396 e. The van der Waals surface area contributed by atoms with Crippen LogP contribution in [0.4, 0.5) is 10.1 Å². The van der Waals surface area contributed by atoms with Crippen molar-refractivity contribution in [3.05, 3.63) is 65.5 Å². The van der Waals surface area contributed by atoms with Gasteiger partial charge in [0.05, 0.1) is 5.69 Å². The van der Waals surface area contributed by atoms with E-state index < -0.39 is 0 Å². The quantitative estimate of drug-likeness (QED) is 0.861. The molecule has 3 heteroatoms. The zero-order chi connectivity index (χ0) is 13.9. The van der Waals surface area contributed by atoms with E-state index in [1.165, 1.54) is 5.56 Å². The number of rotatable bonds is 3. The van der Waals surface area contributed by atoms with Gasteiger partial charge in [-0.2, -0.15) is 0 Å². The molecule has 3 rings (SSSR count). The second-order valence-corrected chi connectivity index (χ2v) is 5.36. The molecule has 1 heterocycles. The lowest BCUT2D eigenvalue weighted by molar-refractivity contribution is 0.245. The van der Waals surface area contributed by atoms with E-state index in [4.69, 9.17) is 5.73 Å². The molecule has 0 radical (unpaired) electrons. The van der Waals surface area contributed by atoms with Gasteiger partial charge >= 0.3 is 0 Å². The van der Waals surface area contributed by atoms with E-state index in [1.54, 1.807) is 6.07 Å². The molecule has 1 unspecified atom stereocenters. The molecule has 2 N–H and O–H groups in total. The molecule has 1 fully saturated rings. The van der Waals surface area contributed by atoms with Crippen molar-refractivity contribution in [1.29, 1.82) is 0 Å². The van der Waals surface area contributed by atoms with E-state index in [9.17, 15) is 4.39 Å². The summed E-state index contributed by atoms with van der Waals surface area (Å²) in [6.07, 6.45) is 2.29. The molecule has 2 nitrogen and oxygen atoms in total. The number of nitrogens with zero attached hydrogens (tertiary/aromatic N) is 1. The van der Waals surface area contributed by atoms with Crippen molar-refractivity contribution in [2.24, 2.45) is 0 Å². The fourth-order valence-electron chi connectivity index (χ4n) is 3.01. The fourth-order valence-corrected chi connectivity index (χ4v) is 3.01. The van der Waals surface area contributed by atoms with E-state index in [1.807, 2.05) is 18.2 Å². The van der Waals surface area contributed by atoms with E-state index in [0.29, 0.717) is 18.2 Å². The Morgan fingerprint density at radius 1 is 1.10 bits per heavy atom. The van der Waals surface area contributed by atoms with Crippen LogP contribution in [-0.4, -0.2) is 11.4 Å². The predicted molar refractivity (Wildman–Crippen MR) is 79.6 cm³/mol. The average molecular weight is 270 g/mol. The summed E-state index contributed by atoms with van der Waals surface area (Å²) in [7, 11) is 0. The topological polar surface area (TPSA) is 29.3 Å². The Balaban J connectivity index is 1.81. The molecular formula is C17H19FN2. The highest BCUT2D eigenvalue weighted by molar-refractivity contribution is 5.43. The Kier molecular flexibility index (Phi) is 3.70. The van der Waals surface area contributed by atoms with Crippen molar-refractivity contribution in [3.63, 3.8) is 0 Å². The van der Waals surface area contributed by atoms with E-state index >= 15 is 0 Å². The highest BCUT2D eigenvalue weighted by Crippen LogP contribution is 2.33. The summed E-state index contributed by atoms with van der Waals surface area (Å²) < 4.78 is 14.0. The van der Waals surface area contributed by atoms with Gasteiger partial charge in [0.15, 0.2) is 5.82 Å². The molecule has 1 aliphatic heterocycles. The van der Waals surface area contributed by atoms with Crippen molar-refractivity contribution in [2.75, 3.05) is 12.3 Å². The lowest BCUT2D eigenvalue weighted by atomic mass is 10.0. The zero-order valence-corrected chi connectivity index (χ0v) is 11.4. The molecule has 2 aromatic carbocycles. The monoisotopic (exact) mass is 270 g/mol. The maximum atomic E-state index is 14.0. The first-order valence-electron chi connectivity index (χ1n) is 7.07. The van der Waals surface area contributed by atoms with Gasteiger partial charge in [0.25, 0.3) is 0 Å². The zero-order valence-electron chi connectivity index (χ0n) is 11.4. The number of hydrogen-bond acceptors (Lipinski definition) is 2. The first kappa shape index (κ1) is 13.1. The number of benzene rings is 2. The predicted octanol–water partition coefficient (Wildman–Crippen LogP) is 3.75. The van der Waals surface area contributed by atoms with Crippen molar-refractivity contribution in [2.45, 2.75) is 25.4 Å². The summed E-state index contributed by atoms with van der Waals surface area (Å²) in [5.41, 5.74) is 7.88. The van der Waals surface area contributed by atoms with Crippen molar-refractivity contribution < 1.29 is 4.39 Å². The normalized spacial score (nSPS) is 19.4. The van der Waals surface area contributed by atoms with E-state index in [0.717, 1.165) is 19.4 Å². The molecule has 1 atom stereocenters. The van der Waals surface area contributed by atoms with Crippen LogP contribution in [-0.2, 0) is 6.54 Å². The summed E-state index contributed by atoms with van der Waals surface area (Å²) in [5, 5.41) is 0. The van der Waals surface area contributed by atoms with Crippen molar-refractivity contribution >= 4 is 5.69 Å². The molecule has 1 saturated heterocycles. The van der Waals surface area contributed by atoms with Gasteiger partial charge in [-0.15, -0.1) is 0 Å². The largest absolute Gasteiger partial charge is 0.396 e. The number of anilines is 1. The minimum absolute atomic E-state index is 0.234. The Labute approximate surface area is 119 Å². The number of nitrogens with two attached hydrogens (primary N) is 1. The summed E-state index contributed by atoms with van der Waals surface area (Å²) in [6, 6.07) is 16.1. The molecular weight excluding hydrogens is 251 g/mol. The second-order valence-electron chi connectivity index (χ2n) is 5.36. The highest BCUT2D eigenvalue weighted by atomic mass is 19.1. The van der Waals surface area contributed by atoms with Gasteiger partial charge < -0.3 is 5.73 Å². The van der Waals surface area contributed by atoms with Gasteiger partial charge in [-0.05, 0) is 31.0 Å². The highest BCUT2D eigenvalue weighted by Gasteiger charge is 2.26. The second kappa shape index (κ2) is 5.63. The lowest BCUT2D eigenvalue weighted by Crippen LogP contribution is -2.23. The molecule has 2 aromatic rings. The van der Waals surface area contributed by atoms with Crippen LogP contribution in [0.25, 0.3) is 0 Å². The molecule has 104 valence electrons. The van der Waals surface area contributed by atoms with Gasteiger partial charge in [-0.3, -0.25) is 4.90 Å². The van der Waals surface area contributed by atoms with E-state index in [2.05, 4.69) is 29.2 Å². The number of hydrogen-bond donors (Lipinski definition) is 1. The van der Waals surface area contributed by atoms with Gasteiger partial charge in [0.2, 0.25) is 0 Å². The van der Waals surface area contributed by atoms with Crippen LogP contribution in [0.2, 0.25) is 0 Å². The van der Waals surface area contributed by atoms with Gasteiger partial charge in [0.1, 0.15) is 0 Å². The smallest absolute Gasteiger partial charge is 0.150 e. The Hall–Kier alpha value is -1.87. The maximum Gasteiger partial charge on any atom is 0.150 e. The van der Waals surface area contributed by atoms with Crippen LogP contribution in [0.15, 0.2) is 48.5 Å². The molecule has 0 saturated carbocycles. The van der Waals surface area contributed by atoms with Crippen LogP contribution in [0.1, 0.15) is 30.0 Å². The minimum atomic E-state index is -0.272. The summed E-state index contributed by atoms with van der Waals surface area (Å²) in [6.45, 7) is 1.63. The molecule has 20 heavy (non-hydrogen) atoms. The van der Waals surface area contributed by atoms with Crippen LogP contribution in [0, 0.1) is 5.82 Å². The lowest BCUT2D eigenvalue weighted by Gasteiger charge is -2.25. The summed E-state index contributed by atoms with van der Waals surface area (Å²) >= 11 is 0. The van der Waals surface area contributed by atoms with Crippen molar-refractivity contribution in [3.8, 4) is 0 Å².